The van der Waals surface area contributed by atoms with Crippen LogP contribution in [-0.4, -0.2) is 19.0 Å². The molecule has 124 valence electrons. The molecule has 1 aromatic rings. The highest BCUT2D eigenvalue weighted by Crippen LogP contribution is 2.49. The lowest BCUT2D eigenvalue weighted by atomic mass is 9.86. The second kappa shape index (κ2) is 6.54. The predicted molar refractivity (Wildman–Crippen MR) is 94.7 cm³/mol. The number of rotatable bonds is 4. The maximum Gasteiger partial charge on any atom is 0.224 e. The number of fused-ring (bicyclic) bond motifs is 2. The molecule has 1 aromatic carbocycles. The number of nitrogens with one attached hydrogen (secondary N) is 1. The maximum absolute atomic E-state index is 12.3. The maximum atomic E-state index is 12.3. The molecule has 0 radical (unpaired) electrons. The molecule has 0 spiro atoms. The van der Waals surface area contributed by atoms with Crippen LogP contribution < -0.4 is 10.2 Å². The molecule has 1 saturated heterocycles. The van der Waals surface area contributed by atoms with E-state index in [0.29, 0.717) is 5.92 Å². The summed E-state index contributed by atoms with van der Waals surface area (Å²) >= 11 is 0. The van der Waals surface area contributed by atoms with E-state index < -0.39 is 0 Å². The lowest BCUT2D eigenvalue weighted by Gasteiger charge is -2.28. The van der Waals surface area contributed by atoms with E-state index in [1.165, 1.54) is 50.6 Å². The zero-order valence-corrected chi connectivity index (χ0v) is 14.0. The molecule has 2 bridgehead atoms. The first-order valence-electron chi connectivity index (χ1n) is 9.43. The zero-order valence-electron chi connectivity index (χ0n) is 14.0. The lowest BCUT2D eigenvalue weighted by Crippen LogP contribution is -2.29. The third kappa shape index (κ3) is 3.39. The topological polar surface area (TPSA) is 32.3 Å². The Kier molecular flexibility index (Phi) is 4.28. The standard InChI is InChI=1S/C20H28N2O/c23-20(14-17-13-15-4-5-16(17)12-15)21-18-6-8-19(9-7-18)22-10-2-1-3-11-22/h6-9,15-17H,1-5,10-14H2,(H,21,23). The minimum Gasteiger partial charge on any atom is -0.372 e. The van der Waals surface area contributed by atoms with Crippen molar-refractivity contribution in [3.05, 3.63) is 24.3 Å². The average Bonchev–Trinajstić information content (AvgIpc) is 3.19. The fourth-order valence-electron chi connectivity index (χ4n) is 4.98. The summed E-state index contributed by atoms with van der Waals surface area (Å²) in [5.41, 5.74) is 2.23. The second-order valence-electron chi connectivity index (χ2n) is 7.78. The summed E-state index contributed by atoms with van der Waals surface area (Å²) in [5, 5.41) is 3.10. The van der Waals surface area contributed by atoms with Gasteiger partial charge >= 0.3 is 0 Å². The quantitative estimate of drug-likeness (QED) is 0.891. The van der Waals surface area contributed by atoms with Crippen molar-refractivity contribution in [2.45, 2.75) is 51.4 Å². The molecule has 1 aliphatic heterocycles. The first kappa shape index (κ1) is 15.0. The summed E-state index contributed by atoms with van der Waals surface area (Å²) in [6, 6.07) is 8.42. The Hall–Kier alpha value is -1.51. The number of benzene rings is 1. The molecule has 3 unspecified atom stereocenters. The van der Waals surface area contributed by atoms with E-state index >= 15 is 0 Å². The van der Waals surface area contributed by atoms with Gasteiger partial charge in [0.1, 0.15) is 0 Å². The van der Waals surface area contributed by atoms with Gasteiger partial charge in [0.2, 0.25) is 5.91 Å². The van der Waals surface area contributed by atoms with Crippen LogP contribution in [0.25, 0.3) is 0 Å². The highest BCUT2D eigenvalue weighted by Gasteiger charge is 2.40. The van der Waals surface area contributed by atoms with E-state index in [9.17, 15) is 4.79 Å². The Labute approximate surface area is 139 Å². The van der Waals surface area contributed by atoms with Crippen LogP contribution >= 0.6 is 0 Å². The Morgan fingerprint density at radius 3 is 2.48 bits per heavy atom. The van der Waals surface area contributed by atoms with E-state index in [0.717, 1.165) is 37.0 Å². The number of piperidine rings is 1. The predicted octanol–water partition coefficient (Wildman–Crippen LogP) is 4.44. The van der Waals surface area contributed by atoms with Crippen molar-refractivity contribution >= 4 is 17.3 Å². The normalized spacial score (nSPS) is 29.7. The van der Waals surface area contributed by atoms with Gasteiger partial charge in [0, 0.05) is 30.9 Å². The van der Waals surface area contributed by atoms with Gasteiger partial charge < -0.3 is 10.2 Å². The van der Waals surface area contributed by atoms with E-state index in [1.807, 2.05) is 0 Å². The van der Waals surface area contributed by atoms with Crippen LogP contribution in [0.15, 0.2) is 24.3 Å². The summed E-state index contributed by atoms with van der Waals surface area (Å²) in [7, 11) is 0. The zero-order chi connectivity index (χ0) is 15.6. The molecule has 4 rings (SSSR count). The van der Waals surface area contributed by atoms with E-state index in [-0.39, 0.29) is 5.91 Å². The smallest absolute Gasteiger partial charge is 0.224 e. The molecule has 3 fully saturated rings. The average molecular weight is 312 g/mol. The minimum absolute atomic E-state index is 0.202. The number of hydrogen-bond donors (Lipinski definition) is 1. The summed E-state index contributed by atoms with van der Waals surface area (Å²) in [6.07, 6.45) is 10.1. The van der Waals surface area contributed by atoms with Gasteiger partial charge in [0.15, 0.2) is 0 Å². The molecule has 2 aliphatic carbocycles. The minimum atomic E-state index is 0.202. The molecule has 3 heteroatoms. The molecule has 0 aromatic heterocycles. The fraction of sp³-hybridized carbons (Fsp3) is 0.650. The number of hydrogen-bond acceptors (Lipinski definition) is 2. The van der Waals surface area contributed by atoms with Crippen LogP contribution in [0.2, 0.25) is 0 Å². The van der Waals surface area contributed by atoms with Crippen LogP contribution in [0.5, 0.6) is 0 Å². The molecular formula is C20H28N2O. The van der Waals surface area contributed by atoms with Crippen LogP contribution in [-0.2, 0) is 4.79 Å². The van der Waals surface area contributed by atoms with Crippen LogP contribution in [0, 0.1) is 17.8 Å². The van der Waals surface area contributed by atoms with Gasteiger partial charge in [-0.2, -0.15) is 0 Å². The molecule has 1 N–H and O–H groups in total. The van der Waals surface area contributed by atoms with Gasteiger partial charge in [-0.15, -0.1) is 0 Å². The second-order valence-corrected chi connectivity index (χ2v) is 7.78. The molecule has 3 atom stereocenters. The van der Waals surface area contributed by atoms with Gasteiger partial charge in [-0.1, -0.05) is 6.42 Å². The van der Waals surface area contributed by atoms with Gasteiger partial charge in [-0.05, 0) is 80.5 Å². The molecule has 2 saturated carbocycles. The third-order valence-electron chi connectivity index (χ3n) is 6.20. The Morgan fingerprint density at radius 1 is 1.04 bits per heavy atom. The lowest BCUT2D eigenvalue weighted by molar-refractivity contribution is -0.117. The summed E-state index contributed by atoms with van der Waals surface area (Å²) in [6.45, 7) is 2.33. The van der Waals surface area contributed by atoms with Crippen molar-refractivity contribution in [2.24, 2.45) is 17.8 Å². The number of anilines is 2. The number of carbonyl (C=O) groups excluding carboxylic acids is 1. The number of carbonyl (C=O) groups is 1. The Morgan fingerprint density at radius 2 is 1.83 bits per heavy atom. The van der Waals surface area contributed by atoms with Gasteiger partial charge in [-0.3, -0.25) is 4.79 Å². The van der Waals surface area contributed by atoms with Crippen LogP contribution in [0.4, 0.5) is 11.4 Å². The first-order chi connectivity index (χ1) is 11.3. The molecule has 3 nitrogen and oxygen atoms in total. The molecule has 1 amide bonds. The molecular weight excluding hydrogens is 284 g/mol. The SMILES string of the molecule is O=C(CC1CC2CCC1C2)Nc1ccc(N2CCCCC2)cc1. The van der Waals surface area contributed by atoms with Crippen LogP contribution in [0.1, 0.15) is 51.4 Å². The summed E-state index contributed by atoms with van der Waals surface area (Å²) in [4.78, 5) is 14.8. The highest BCUT2D eigenvalue weighted by atomic mass is 16.1. The van der Waals surface area contributed by atoms with E-state index in [4.69, 9.17) is 0 Å². The van der Waals surface area contributed by atoms with Gasteiger partial charge in [0.05, 0.1) is 0 Å². The third-order valence-corrected chi connectivity index (χ3v) is 6.20. The number of nitrogens with zero attached hydrogens (tertiary/aromatic N) is 1. The Bertz CT molecular complexity index is 547. The molecule has 3 aliphatic rings. The summed E-state index contributed by atoms with van der Waals surface area (Å²) in [5.74, 6) is 2.59. The first-order valence-corrected chi connectivity index (χ1v) is 9.43. The fourth-order valence-corrected chi connectivity index (χ4v) is 4.98. The monoisotopic (exact) mass is 312 g/mol. The van der Waals surface area contributed by atoms with Gasteiger partial charge in [0.25, 0.3) is 0 Å². The van der Waals surface area contributed by atoms with Crippen molar-refractivity contribution in [1.29, 1.82) is 0 Å². The summed E-state index contributed by atoms with van der Waals surface area (Å²) < 4.78 is 0. The van der Waals surface area contributed by atoms with E-state index in [2.05, 4.69) is 34.5 Å². The highest BCUT2D eigenvalue weighted by molar-refractivity contribution is 5.91. The van der Waals surface area contributed by atoms with Crippen molar-refractivity contribution in [3.63, 3.8) is 0 Å². The molecule has 23 heavy (non-hydrogen) atoms. The van der Waals surface area contributed by atoms with E-state index in [1.54, 1.807) is 0 Å². The van der Waals surface area contributed by atoms with Crippen molar-refractivity contribution < 1.29 is 4.79 Å². The van der Waals surface area contributed by atoms with Crippen molar-refractivity contribution in [2.75, 3.05) is 23.3 Å². The van der Waals surface area contributed by atoms with Crippen molar-refractivity contribution in [1.82, 2.24) is 0 Å². The molecule has 1 heterocycles. The number of amides is 1. The van der Waals surface area contributed by atoms with Gasteiger partial charge in [-0.25, -0.2) is 0 Å². The Balaban J connectivity index is 1.30. The van der Waals surface area contributed by atoms with Crippen LogP contribution in [0.3, 0.4) is 0 Å². The van der Waals surface area contributed by atoms with Crippen molar-refractivity contribution in [3.8, 4) is 0 Å². The largest absolute Gasteiger partial charge is 0.372 e.